The van der Waals surface area contributed by atoms with Gasteiger partial charge in [-0.05, 0) is 39.5 Å². The first-order valence-corrected chi connectivity index (χ1v) is 5.07. The monoisotopic (exact) mass is 179 g/mol. The van der Waals surface area contributed by atoms with Gasteiger partial charge < -0.3 is 0 Å². The van der Waals surface area contributed by atoms with Crippen LogP contribution in [0.2, 0.25) is 0 Å². The Kier molecular flexibility index (Phi) is 8.64. The zero-order chi connectivity index (χ0) is 9.94. The summed E-state index contributed by atoms with van der Waals surface area (Å²) in [7, 11) is 0. The standard InChI is InChI=1S/C7H12.C5H9N/c1-7-5-3-2-4-6-7;1-3-5-6-4-2/h5H,2-4,6H2,1H3;3,5H,1,4H2,2H3. The van der Waals surface area contributed by atoms with Gasteiger partial charge in [-0.2, -0.15) is 0 Å². The predicted octanol–water partition coefficient (Wildman–Crippen LogP) is 3.77. The second-order valence-corrected chi connectivity index (χ2v) is 3.18. The Labute approximate surface area is 82.3 Å². The zero-order valence-corrected chi connectivity index (χ0v) is 8.92. The highest BCUT2D eigenvalue weighted by Gasteiger charge is 1.95. The molecule has 0 atom stereocenters. The van der Waals surface area contributed by atoms with E-state index in [1.807, 2.05) is 6.92 Å². The Hall–Kier alpha value is -0.850. The lowest BCUT2D eigenvalue weighted by atomic mass is 10.0. The number of aliphatic imine (C=N–C) groups is 1. The molecule has 0 aromatic heterocycles. The van der Waals surface area contributed by atoms with E-state index in [1.54, 1.807) is 17.9 Å². The quantitative estimate of drug-likeness (QED) is 0.452. The summed E-state index contributed by atoms with van der Waals surface area (Å²) < 4.78 is 0. The summed E-state index contributed by atoms with van der Waals surface area (Å²) >= 11 is 0. The number of nitrogens with zero attached hydrogens (tertiary/aromatic N) is 1. The molecule has 1 rings (SSSR count). The topological polar surface area (TPSA) is 12.4 Å². The number of allylic oxidation sites excluding steroid dienone is 3. The van der Waals surface area contributed by atoms with E-state index in [9.17, 15) is 0 Å². The maximum absolute atomic E-state index is 3.85. The van der Waals surface area contributed by atoms with Gasteiger partial charge in [0.1, 0.15) is 0 Å². The Morgan fingerprint density at radius 2 is 2.31 bits per heavy atom. The summed E-state index contributed by atoms with van der Waals surface area (Å²) in [5.41, 5.74) is 1.59. The predicted molar refractivity (Wildman–Crippen MR) is 61.5 cm³/mol. The Balaban J connectivity index is 0.000000226. The lowest BCUT2D eigenvalue weighted by Crippen LogP contribution is -1.85. The van der Waals surface area contributed by atoms with Gasteiger partial charge in [0.25, 0.3) is 0 Å². The minimum absolute atomic E-state index is 0.853. The van der Waals surface area contributed by atoms with Crippen LogP contribution >= 0.6 is 0 Å². The van der Waals surface area contributed by atoms with E-state index < -0.39 is 0 Å². The lowest BCUT2D eigenvalue weighted by molar-refractivity contribution is 0.702. The molecule has 0 amide bonds. The summed E-state index contributed by atoms with van der Waals surface area (Å²) in [6, 6.07) is 0. The molecule has 1 aliphatic carbocycles. The fourth-order valence-electron chi connectivity index (χ4n) is 1.18. The van der Waals surface area contributed by atoms with Crippen molar-refractivity contribution >= 4 is 6.21 Å². The van der Waals surface area contributed by atoms with Gasteiger partial charge in [0.15, 0.2) is 0 Å². The van der Waals surface area contributed by atoms with Gasteiger partial charge in [-0.3, -0.25) is 4.99 Å². The van der Waals surface area contributed by atoms with Crippen LogP contribution in [0.25, 0.3) is 0 Å². The van der Waals surface area contributed by atoms with Gasteiger partial charge in [-0.15, -0.1) is 0 Å². The van der Waals surface area contributed by atoms with E-state index in [2.05, 4.69) is 24.6 Å². The van der Waals surface area contributed by atoms with Gasteiger partial charge >= 0.3 is 0 Å². The molecule has 1 heteroatoms. The SMILES string of the molecule is C=CC=NCC.CC1=CCCCC1. The van der Waals surface area contributed by atoms with E-state index in [4.69, 9.17) is 0 Å². The molecule has 0 spiro atoms. The number of hydrogen-bond donors (Lipinski definition) is 0. The summed E-state index contributed by atoms with van der Waals surface area (Å²) in [5, 5.41) is 0. The van der Waals surface area contributed by atoms with Crippen molar-refractivity contribution in [3.63, 3.8) is 0 Å². The van der Waals surface area contributed by atoms with Crippen LogP contribution in [0.15, 0.2) is 29.3 Å². The largest absolute Gasteiger partial charge is 0.293 e. The number of rotatable bonds is 2. The third kappa shape index (κ3) is 9.06. The van der Waals surface area contributed by atoms with Gasteiger partial charge in [-0.1, -0.05) is 24.3 Å². The fourth-order valence-corrected chi connectivity index (χ4v) is 1.18. The van der Waals surface area contributed by atoms with Crippen LogP contribution in [0.3, 0.4) is 0 Å². The Morgan fingerprint density at radius 1 is 1.54 bits per heavy atom. The summed E-state index contributed by atoms with van der Waals surface area (Å²) in [6.07, 6.45) is 11.2. The lowest BCUT2D eigenvalue weighted by Gasteiger charge is -2.05. The molecule has 0 saturated heterocycles. The Bertz CT molecular complexity index is 178. The molecule has 0 bridgehead atoms. The van der Waals surface area contributed by atoms with Gasteiger partial charge in [0.05, 0.1) is 0 Å². The highest BCUT2D eigenvalue weighted by atomic mass is 14.7. The molecule has 0 fully saturated rings. The van der Waals surface area contributed by atoms with E-state index in [1.165, 1.54) is 25.7 Å². The van der Waals surface area contributed by atoms with Crippen molar-refractivity contribution in [2.75, 3.05) is 6.54 Å². The summed E-state index contributed by atoms with van der Waals surface area (Å²) in [5.74, 6) is 0. The molecule has 0 unspecified atom stereocenters. The highest BCUT2D eigenvalue weighted by molar-refractivity contribution is 5.69. The minimum atomic E-state index is 0.853. The molecule has 1 nitrogen and oxygen atoms in total. The molecule has 0 radical (unpaired) electrons. The van der Waals surface area contributed by atoms with Crippen molar-refractivity contribution in [1.82, 2.24) is 0 Å². The first kappa shape index (κ1) is 12.2. The van der Waals surface area contributed by atoms with Crippen molar-refractivity contribution in [3.8, 4) is 0 Å². The molecular formula is C12H21N. The average molecular weight is 179 g/mol. The Morgan fingerprint density at radius 3 is 2.54 bits per heavy atom. The van der Waals surface area contributed by atoms with Crippen LogP contribution in [0.4, 0.5) is 0 Å². The zero-order valence-electron chi connectivity index (χ0n) is 8.92. The van der Waals surface area contributed by atoms with Crippen LogP contribution < -0.4 is 0 Å². The van der Waals surface area contributed by atoms with Crippen LogP contribution in [-0.4, -0.2) is 12.8 Å². The molecule has 0 saturated carbocycles. The maximum Gasteiger partial charge on any atom is 0.0360 e. The molecule has 1 aliphatic rings. The van der Waals surface area contributed by atoms with Crippen molar-refractivity contribution in [3.05, 3.63) is 24.3 Å². The van der Waals surface area contributed by atoms with Crippen molar-refractivity contribution in [1.29, 1.82) is 0 Å². The third-order valence-corrected chi connectivity index (χ3v) is 1.91. The van der Waals surface area contributed by atoms with E-state index in [-0.39, 0.29) is 0 Å². The van der Waals surface area contributed by atoms with Crippen LogP contribution in [0.5, 0.6) is 0 Å². The molecule has 0 aromatic carbocycles. The van der Waals surface area contributed by atoms with Gasteiger partial charge in [0.2, 0.25) is 0 Å². The van der Waals surface area contributed by atoms with Gasteiger partial charge in [0, 0.05) is 12.8 Å². The molecule has 13 heavy (non-hydrogen) atoms. The van der Waals surface area contributed by atoms with Crippen LogP contribution in [0, 0.1) is 0 Å². The fraction of sp³-hybridized carbons (Fsp3) is 0.583. The van der Waals surface area contributed by atoms with Crippen LogP contribution in [0.1, 0.15) is 39.5 Å². The molecule has 0 aliphatic heterocycles. The normalized spacial score (nSPS) is 16.0. The smallest absolute Gasteiger partial charge is 0.0360 e. The molecule has 0 heterocycles. The number of hydrogen-bond acceptors (Lipinski definition) is 1. The van der Waals surface area contributed by atoms with Crippen LogP contribution in [-0.2, 0) is 0 Å². The second kappa shape index (κ2) is 9.24. The first-order chi connectivity index (χ1) is 6.31. The first-order valence-electron chi connectivity index (χ1n) is 5.07. The minimum Gasteiger partial charge on any atom is -0.293 e. The third-order valence-electron chi connectivity index (χ3n) is 1.91. The highest BCUT2D eigenvalue weighted by Crippen LogP contribution is 2.15. The molecule has 0 N–H and O–H groups in total. The second-order valence-electron chi connectivity index (χ2n) is 3.18. The van der Waals surface area contributed by atoms with Crippen molar-refractivity contribution in [2.24, 2.45) is 4.99 Å². The van der Waals surface area contributed by atoms with Crippen molar-refractivity contribution < 1.29 is 0 Å². The summed E-state index contributed by atoms with van der Waals surface area (Å²) in [6.45, 7) is 8.51. The van der Waals surface area contributed by atoms with Gasteiger partial charge in [-0.25, -0.2) is 0 Å². The molecule has 74 valence electrons. The maximum atomic E-state index is 3.85. The molecule has 0 aromatic rings. The average Bonchev–Trinajstić information content (AvgIpc) is 2.17. The molecular weight excluding hydrogens is 158 g/mol. The summed E-state index contributed by atoms with van der Waals surface area (Å²) in [4.78, 5) is 3.85. The van der Waals surface area contributed by atoms with E-state index >= 15 is 0 Å². The van der Waals surface area contributed by atoms with Crippen molar-refractivity contribution in [2.45, 2.75) is 39.5 Å². The van der Waals surface area contributed by atoms with E-state index in [0.717, 1.165) is 6.54 Å². The van der Waals surface area contributed by atoms with E-state index in [0.29, 0.717) is 0 Å².